The molecule has 1 amide bonds. The van der Waals surface area contributed by atoms with Crippen LogP contribution in [0.15, 0.2) is 48.6 Å². The first-order chi connectivity index (χ1) is 35.2. The van der Waals surface area contributed by atoms with Gasteiger partial charge < -0.3 is 50.5 Å². The third-order valence-corrected chi connectivity index (χ3v) is 14.3. The molecule has 1 saturated heterocycles. The Morgan fingerprint density at radius 3 is 1.24 bits per heavy atom. The third-order valence-electron chi connectivity index (χ3n) is 14.3. The zero-order valence-corrected chi connectivity index (χ0v) is 46.2. The highest BCUT2D eigenvalue weighted by Gasteiger charge is 2.44. The molecule has 9 unspecified atom stereocenters. The Balaban J connectivity index is 2.34. The highest BCUT2D eigenvalue weighted by Crippen LogP contribution is 2.23. The summed E-state index contributed by atoms with van der Waals surface area (Å²) in [6, 6.07) is -1.20. The Kier molecular flexibility index (Phi) is 47.2. The van der Waals surface area contributed by atoms with Crippen LogP contribution in [-0.2, 0) is 14.3 Å². The lowest BCUT2D eigenvalue weighted by atomic mass is 9.98. The lowest BCUT2D eigenvalue weighted by Crippen LogP contribution is -2.60. The van der Waals surface area contributed by atoms with Gasteiger partial charge in [-0.25, -0.2) is 0 Å². The molecule has 0 aliphatic carbocycles. The van der Waals surface area contributed by atoms with Crippen molar-refractivity contribution in [3.8, 4) is 0 Å². The van der Waals surface area contributed by atoms with Gasteiger partial charge >= 0.3 is 0 Å². The number of rotatable bonds is 51. The Bertz CT molecular complexity index is 1310. The summed E-state index contributed by atoms with van der Waals surface area (Å²) in [5, 5.41) is 76.1. The van der Waals surface area contributed by atoms with Crippen molar-refractivity contribution in [2.24, 2.45) is 0 Å². The van der Waals surface area contributed by atoms with Crippen LogP contribution in [0.4, 0.5) is 0 Å². The van der Waals surface area contributed by atoms with Gasteiger partial charge in [-0.1, -0.05) is 223 Å². The molecule has 8 N–H and O–H groups in total. The first kappa shape index (κ1) is 68.1. The molecular weight excluding hydrogens is 907 g/mol. The van der Waals surface area contributed by atoms with E-state index in [0.717, 1.165) is 64.2 Å². The van der Waals surface area contributed by atoms with Crippen LogP contribution >= 0.6 is 0 Å². The largest absolute Gasteiger partial charge is 0.394 e. The van der Waals surface area contributed by atoms with Crippen LogP contribution in [0.5, 0.6) is 0 Å². The molecule has 1 rings (SSSR count). The van der Waals surface area contributed by atoms with Gasteiger partial charge in [-0.05, 0) is 89.9 Å². The van der Waals surface area contributed by atoms with E-state index in [9.17, 15) is 40.5 Å². The number of carbonyl (C=O) groups is 1. The van der Waals surface area contributed by atoms with Crippen molar-refractivity contribution in [2.75, 3.05) is 13.2 Å². The van der Waals surface area contributed by atoms with E-state index in [0.29, 0.717) is 19.3 Å². The summed E-state index contributed by atoms with van der Waals surface area (Å²) >= 11 is 0. The highest BCUT2D eigenvalue weighted by atomic mass is 16.7. The molecule has 0 spiro atoms. The van der Waals surface area contributed by atoms with E-state index in [-0.39, 0.29) is 12.8 Å². The highest BCUT2D eigenvalue weighted by molar-refractivity contribution is 5.80. The van der Waals surface area contributed by atoms with E-state index in [1.54, 1.807) is 0 Å². The van der Waals surface area contributed by atoms with Crippen molar-refractivity contribution in [1.29, 1.82) is 0 Å². The van der Waals surface area contributed by atoms with Gasteiger partial charge in [0.1, 0.15) is 36.6 Å². The molecule has 0 aromatic rings. The van der Waals surface area contributed by atoms with E-state index in [1.807, 2.05) is 0 Å². The minimum Gasteiger partial charge on any atom is -0.394 e. The molecule has 9 atom stereocenters. The summed E-state index contributed by atoms with van der Waals surface area (Å²) in [4.78, 5) is 13.2. The second-order valence-corrected chi connectivity index (χ2v) is 21.0. The molecule has 11 nitrogen and oxygen atoms in total. The minimum absolute atomic E-state index is 0.239. The van der Waals surface area contributed by atoms with Crippen LogP contribution in [0.1, 0.15) is 264 Å². The van der Waals surface area contributed by atoms with E-state index >= 15 is 0 Å². The minimum atomic E-state index is -1.68. The van der Waals surface area contributed by atoms with Gasteiger partial charge in [-0.2, -0.15) is 0 Å². The quantitative estimate of drug-likeness (QED) is 0.0215. The van der Waals surface area contributed by atoms with Crippen LogP contribution in [0.2, 0.25) is 0 Å². The van der Waals surface area contributed by atoms with E-state index in [1.165, 1.54) is 154 Å². The fourth-order valence-electron chi connectivity index (χ4n) is 9.41. The maximum Gasteiger partial charge on any atom is 0.249 e. The SMILES string of the molecule is CCCCCCCCCCC/C=C\CCCCCCCCC(O)C(=O)NC(COC1OC(CO)C(O)C(O)C1O)C(O)C(O)CCC/C=C/CC/C=C/CC/C=C/CCCCCCCCCCCCCCC. The molecule has 0 bridgehead atoms. The molecule has 72 heavy (non-hydrogen) atoms. The molecule has 422 valence electrons. The molecule has 0 radical (unpaired) electrons. The molecule has 0 aromatic heterocycles. The van der Waals surface area contributed by atoms with Gasteiger partial charge in [0.2, 0.25) is 5.91 Å². The normalized spacial score (nSPS) is 20.4. The fourth-order valence-corrected chi connectivity index (χ4v) is 9.41. The first-order valence-electron chi connectivity index (χ1n) is 30.0. The standard InChI is InChI=1S/C61H113NO10/c1-3-5-7-9-11-13-15-17-19-21-23-24-25-26-27-28-29-31-32-34-36-38-40-42-44-46-48-53(64)56(66)52(51-71-61-59(69)58(68)57(67)55(50-63)72-61)62-60(70)54(65)49-47-45-43-41-39-37-35-33-30-22-20-18-16-14-12-10-8-6-4-2/h27-28,30,32-34,40,42,52-59,61,63-69H,3-26,29,31,35-39,41,43-51H2,1-2H3,(H,62,70)/b28-27+,33-30-,34-32+,42-40+. The topological polar surface area (TPSA) is 189 Å². The molecular formula is C61H113NO10. The van der Waals surface area contributed by atoms with Gasteiger partial charge in [0.25, 0.3) is 0 Å². The molecule has 1 fully saturated rings. The Labute approximate surface area is 440 Å². The van der Waals surface area contributed by atoms with Crippen LogP contribution in [0.25, 0.3) is 0 Å². The van der Waals surface area contributed by atoms with E-state index in [2.05, 4.69) is 67.8 Å². The number of hydrogen-bond donors (Lipinski definition) is 8. The monoisotopic (exact) mass is 1020 g/mol. The van der Waals surface area contributed by atoms with Gasteiger partial charge in [0.15, 0.2) is 6.29 Å². The average molecular weight is 1020 g/mol. The molecule has 11 heteroatoms. The van der Waals surface area contributed by atoms with Gasteiger partial charge in [0.05, 0.1) is 25.4 Å². The molecule has 1 heterocycles. The van der Waals surface area contributed by atoms with Crippen molar-refractivity contribution >= 4 is 5.91 Å². The number of hydrogen-bond acceptors (Lipinski definition) is 10. The zero-order chi connectivity index (χ0) is 52.5. The third kappa shape index (κ3) is 37.7. The maximum absolute atomic E-state index is 13.2. The number of allylic oxidation sites excluding steroid dienone is 8. The molecule has 1 aliphatic rings. The summed E-state index contributed by atoms with van der Waals surface area (Å²) in [6.07, 6.45) is 51.7. The number of nitrogens with one attached hydrogen (secondary N) is 1. The molecule has 1 aliphatic heterocycles. The van der Waals surface area contributed by atoms with Crippen molar-refractivity contribution in [3.63, 3.8) is 0 Å². The van der Waals surface area contributed by atoms with Crippen molar-refractivity contribution in [2.45, 2.75) is 319 Å². The molecule has 0 aromatic carbocycles. The summed E-state index contributed by atoms with van der Waals surface area (Å²) in [5.41, 5.74) is 0. The van der Waals surface area contributed by atoms with E-state index in [4.69, 9.17) is 9.47 Å². The van der Waals surface area contributed by atoms with Crippen molar-refractivity contribution in [1.82, 2.24) is 5.32 Å². The van der Waals surface area contributed by atoms with Crippen LogP contribution in [-0.4, -0.2) is 110 Å². The van der Waals surface area contributed by atoms with Crippen LogP contribution in [0.3, 0.4) is 0 Å². The lowest BCUT2D eigenvalue weighted by molar-refractivity contribution is -0.303. The Morgan fingerprint density at radius 2 is 0.833 bits per heavy atom. The number of amides is 1. The summed E-state index contributed by atoms with van der Waals surface area (Å²) in [7, 11) is 0. The predicted molar refractivity (Wildman–Crippen MR) is 298 cm³/mol. The maximum atomic E-state index is 13.2. The summed E-state index contributed by atoms with van der Waals surface area (Å²) in [5.74, 6) is -0.716. The van der Waals surface area contributed by atoms with Crippen LogP contribution < -0.4 is 5.32 Å². The second kappa shape index (κ2) is 49.9. The Morgan fingerprint density at radius 1 is 0.472 bits per heavy atom. The predicted octanol–water partition coefficient (Wildman–Crippen LogP) is 12.8. The number of aliphatic hydroxyl groups is 7. The average Bonchev–Trinajstić information content (AvgIpc) is 3.38. The van der Waals surface area contributed by atoms with Gasteiger partial charge in [-0.15, -0.1) is 0 Å². The Hall–Kier alpha value is -1.93. The second-order valence-electron chi connectivity index (χ2n) is 21.0. The lowest BCUT2D eigenvalue weighted by Gasteiger charge is -2.40. The van der Waals surface area contributed by atoms with Crippen LogP contribution in [0, 0.1) is 0 Å². The van der Waals surface area contributed by atoms with Gasteiger partial charge in [-0.3, -0.25) is 4.79 Å². The number of ether oxygens (including phenoxy) is 2. The molecule has 0 saturated carbocycles. The van der Waals surface area contributed by atoms with Crippen molar-refractivity contribution < 1.29 is 50.0 Å². The number of aliphatic hydroxyl groups excluding tert-OH is 7. The zero-order valence-electron chi connectivity index (χ0n) is 46.2. The van der Waals surface area contributed by atoms with E-state index < -0.39 is 74.2 Å². The number of carbonyl (C=O) groups excluding carboxylic acids is 1. The fraction of sp³-hybridized carbons (Fsp3) is 0.852. The summed E-state index contributed by atoms with van der Waals surface area (Å²) < 4.78 is 11.1. The first-order valence-corrected chi connectivity index (χ1v) is 30.0. The van der Waals surface area contributed by atoms with Crippen molar-refractivity contribution in [3.05, 3.63) is 48.6 Å². The smallest absolute Gasteiger partial charge is 0.249 e. The summed E-state index contributed by atoms with van der Waals surface area (Å²) in [6.45, 7) is 3.45. The number of unbranched alkanes of at least 4 members (excludes halogenated alkanes) is 31. The van der Waals surface area contributed by atoms with Gasteiger partial charge in [0, 0.05) is 0 Å².